The fourth-order valence-corrected chi connectivity index (χ4v) is 0.877. The number of hydrogen-bond donors (Lipinski definition) is 2. The van der Waals surface area contributed by atoms with E-state index in [9.17, 15) is 4.79 Å². The molecule has 1 aromatic heterocycles. The van der Waals surface area contributed by atoms with Crippen LogP contribution in [-0.2, 0) is 0 Å². The molecule has 0 bridgehead atoms. The van der Waals surface area contributed by atoms with Crippen molar-refractivity contribution in [2.45, 2.75) is 20.3 Å². The number of rotatable bonds is 4. The van der Waals surface area contributed by atoms with Crippen molar-refractivity contribution in [2.24, 2.45) is 0 Å². The van der Waals surface area contributed by atoms with Crippen LogP contribution in [0.5, 0.6) is 0 Å². The van der Waals surface area contributed by atoms with E-state index in [0.29, 0.717) is 12.1 Å². The summed E-state index contributed by atoms with van der Waals surface area (Å²) >= 11 is 0. The third-order valence-corrected chi connectivity index (χ3v) is 1.50. The molecule has 3 heteroatoms. The largest absolute Gasteiger partial charge is 0.359 e. The third-order valence-electron chi connectivity index (χ3n) is 1.50. The van der Waals surface area contributed by atoms with Crippen molar-refractivity contribution in [3.05, 3.63) is 24.0 Å². The quantitative estimate of drug-likeness (QED) is 0.698. The van der Waals surface area contributed by atoms with E-state index in [1.165, 1.54) is 0 Å². The zero-order valence-corrected chi connectivity index (χ0v) is 8.55. The molecule has 3 nitrogen and oxygen atoms in total. The van der Waals surface area contributed by atoms with Gasteiger partial charge in [-0.1, -0.05) is 13.8 Å². The molecule has 0 atom stereocenters. The first kappa shape index (κ1) is 11.9. The topological polar surface area (TPSA) is 44.9 Å². The van der Waals surface area contributed by atoms with Gasteiger partial charge >= 0.3 is 0 Å². The first-order chi connectivity index (χ1) is 6.34. The van der Waals surface area contributed by atoms with Crippen LogP contribution in [-0.4, -0.2) is 24.4 Å². The Hall–Kier alpha value is -1.09. The first-order valence-electron chi connectivity index (χ1n) is 4.66. The fourth-order valence-electron chi connectivity index (χ4n) is 0.877. The summed E-state index contributed by atoms with van der Waals surface area (Å²) in [6.07, 6.45) is 2.31. The van der Waals surface area contributed by atoms with Crippen molar-refractivity contribution in [2.75, 3.05) is 13.6 Å². The number of nitrogens with one attached hydrogen (secondary N) is 2. The van der Waals surface area contributed by atoms with Crippen LogP contribution in [0.25, 0.3) is 0 Å². The van der Waals surface area contributed by atoms with Crippen molar-refractivity contribution in [1.82, 2.24) is 10.3 Å². The maximum atomic E-state index is 11.2. The summed E-state index contributed by atoms with van der Waals surface area (Å²) in [7, 11) is 1.84. The summed E-state index contributed by atoms with van der Waals surface area (Å²) in [6.45, 7) is 4.73. The standard InChI is InChI=1S/C8H12N2O.C2H6/c1-9-6-4-8(11)7-3-2-5-10-7;1-2/h2-3,5,9-10H,4,6H2,1H3;1-2H3. The Morgan fingerprint density at radius 3 is 2.69 bits per heavy atom. The Kier molecular flexibility index (Phi) is 6.92. The average Bonchev–Trinajstić information content (AvgIpc) is 2.70. The van der Waals surface area contributed by atoms with Gasteiger partial charge < -0.3 is 10.3 Å². The number of carbonyl (C=O) groups is 1. The van der Waals surface area contributed by atoms with E-state index in [-0.39, 0.29) is 5.78 Å². The molecule has 13 heavy (non-hydrogen) atoms. The minimum absolute atomic E-state index is 0.157. The van der Waals surface area contributed by atoms with E-state index in [4.69, 9.17) is 0 Å². The molecule has 0 radical (unpaired) electrons. The molecule has 0 aliphatic heterocycles. The molecular formula is C10H18N2O. The maximum absolute atomic E-state index is 11.2. The van der Waals surface area contributed by atoms with Crippen LogP contribution in [0.2, 0.25) is 0 Å². The molecule has 0 spiro atoms. The SMILES string of the molecule is CC.CNCCC(=O)c1ccc[nH]1. The van der Waals surface area contributed by atoms with Gasteiger partial charge in [0.15, 0.2) is 5.78 Å². The molecule has 0 aliphatic carbocycles. The van der Waals surface area contributed by atoms with Crippen LogP contribution >= 0.6 is 0 Å². The lowest BCUT2D eigenvalue weighted by molar-refractivity contribution is 0.0979. The zero-order valence-electron chi connectivity index (χ0n) is 8.55. The minimum Gasteiger partial charge on any atom is -0.359 e. The Morgan fingerprint density at radius 2 is 2.23 bits per heavy atom. The van der Waals surface area contributed by atoms with Gasteiger partial charge in [-0.25, -0.2) is 0 Å². The van der Waals surface area contributed by atoms with Gasteiger partial charge in [0.25, 0.3) is 0 Å². The fraction of sp³-hybridized carbons (Fsp3) is 0.500. The molecule has 1 aromatic rings. The first-order valence-corrected chi connectivity index (χ1v) is 4.66. The van der Waals surface area contributed by atoms with Gasteiger partial charge in [0.2, 0.25) is 0 Å². The van der Waals surface area contributed by atoms with Gasteiger partial charge in [-0.2, -0.15) is 0 Å². The van der Waals surface area contributed by atoms with Gasteiger partial charge in [-0.05, 0) is 19.2 Å². The van der Waals surface area contributed by atoms with Gasteiger partial charge in [-0.15, -0.1) is 0 Å². The number of carbonyl (C=O) groups excluding carboxylic acids is 1. The van der Waals surface area contributed by atoms with Crippen molar-refractivity contribution >= 4 is 5.78 Å². The summed E-state index contributed by atoms with van der Waals surface area (Å²) < 4.78 is 0. The van der Waals surface area contributed by atoms with Gasteiger partial charge in [0.1, 0.15) is 0 Å². The molecule has 0 unspecified atom stereocenters. The lowest BCUT2D eigenvalue weighted by atomic mass is 10.2. The second-order valence-corrected chi connectivity index (χ2v) is 2.36. The van der Waals surface area contributed by atoms with Crippen LogP contribution < -0.4 is 5.32 Å². The molecule has 0 aromatic carbocycles. The number of aromatic nitrogens is 1. The monoisotopic (exact) mass is 182 g/mol. The molecule has 0 aliphatic rings. The lowest BCUT2D eigenvalue weighted by Crippen LogP contribution is -2.13. The highest BCUT2D eigenvalue weighted by atomic mass is 16.1. The second-order valence-electron chi connectivity index (χ2n) is 2.36. The summed E-state index contributed by atoms with van der Waals surface area (Å²) in [5.41, 5.74) is 0.695. The Balaban J connectivity index is 0.000000671. The van der Waals surface area contributed by atoms with Crippen LogP contribution in [0.4, 0.5) is 0 Å². The molecule has 1 heterocycles. The second kappa shape index (κ2) is 7.55. The van der Waals surface area contributed by atoms with Gasteiger partial charge in [0, 0.05) is 19.2 Å². The lowest BCUT2D eigenvalue weighted by Gasteiger charge is -1.95. The van der Waals surface area contributed by atoms with Crippen LogP contribution in [0.1, 0.15) is 30.8 Å². The smallest absolute Gasteiger partial charge is 0.180 e. The molecule has 0 fully saturated rings. The molecule has 0 saturated heterocycles. The van der Waals surface area contributed by atoms with Gasteiger partial charge in [-0.3, -0.25) is 4.79 Å². The number of Topliss-reactive ketones (excluding diaryl/α,β-unsaturated/α-hetero) is 1. The van der Waals surface area contributed by atoms with E-state index < -0.39 is 0 Å². The van der Waals surface area contributed by atoms with Crippen molar-refractivity contribution < 1.29 is 4.79 Å². The van der Waals surface area contributed by atoms with Crippen LogP contribution in [0.3, 0.4) is 0 Å². The normalized spacial score (nSPS) is 8.85. The van der Waals surface area contributed by atoms with Crippen molar-refractivity contribution in [1.29, 1.82) is 0 Å². The zero-order chi connectivity index (χ0) is 10.1. The average molecular weight is 182 g/mol. The van der Waals surface area contributed by atoms with Gasteiger partial charge in [0.05, 0.1) is 5.69 Å². The van der Waals surface area contributed by atoms with E-state index in [0.717, 1.165) is 6.54 Å². The Morgan fingerprint density at radius 1 is 1.54 bits per heavy atom. The number of H-pyrrole nitrogens is 1. The maximum Gasteiger partial charge on any atom is 0.180 e. The van der Waals surface area contributed by atoms with E-state index in [1.807, 2.05) is 27.0 Å². The third kappa shape index (κ3) is 4.48. The molecule has 2 N–H and O–H groups in total. The predicted octanol–water partition coefficient (Wildman–Crippen LogP) is 1.83. The van der Waals surface area contributed by atoms with E-state index >= 15 is 0 Å². The van der Waals surface area contributed by atoms with E-state index in [2.05, 4.69) is 10.3 Å². The van der Waals surface area contributed by atoms with Crippen LogP contribution in [0, 0.1) is 0 Å². The molecule has 1 rings (SSSR count). The summed E-state index contributed by atoms with van der Waals surface area (Å²) in [4.78, 5) is 14.1. The summed E-state index contributed by atoms with van der Waals surface area (Å²) in [5, 5.41) is 2.93. The predicted molar refractivity (Wildman–Crippen MR) is 55.0 cm³/mol. The Bertz CT molecular complexity index is 217. The number of hydrogen-bond acceptors (Lipinski definition) is 2. The van der Waals surface area contributed by atoms with Crippen LogP contribution in [0.15, 0.2) is 18.3 Å². The molecular weight excluding hydrogens is 164 g/mol. The molecule has 0 saturated carbocycles. The highest BCUT2D eigenvalue weighted by Crippen LogP contribution is 1.98. The highest BCUT2D eigenvalue weighted by Gasteiger charge is 2.03. The molecule has 0 amide bonds. The Labute approximate surface area is 79.5 Å². The number of aromatic amines is 1. The highest BCUT2D eigenvalue weighted by molar-refractivity contribution is 5.94. The van der Waals surface area contributed by atoms with Crippen molar-refractivity contribution in [3.8, 4) is 0 Å². The van der Waals surface area contributed by atoms with Crippen molar-refractivity contribution in [3.63, 3.8) is 0 Å². The summed E-state index contributed by atoms with van der Waals surface area (Å²) in [6, 6.07) is 3.62. The molecule has 74 valence electrons. The van der Waals surface area contributed by atoms with E-state index in [1.54, 1.807) is 12.3 Å². The number of ketones is 1. The summed E-state index contributed by atoms with van der Waals surface area (Å²) in [5.74, 6) is 0.157. The minimum atomic E-state index is 0.157.